The van der Waals surface area contributed by atoms with Crippen molar-refractivity contribution in [1.82, 2.24) is 9.97 Å². The molecule has 0 aliphatic rings. The number of imidazole rings is 1. The third-order valence-corrected chi connectivity index (χ3v) is 3.61. The van der Waals surface area contributed by atoms with Crippen LogP contribution in [0.3, 0.4) is 0 Å². The van der Waals surface area contributed by atoms with Gasteiger partial charge in [-0.05, 0) is 42.5 Å². The number of rotatable bonds is 2. The van der Waals surface area contributed by atoms with E-state index in [-0.39, 0.29) is 5.78 Å². The molecule has 0 aliphatic carbocycles. The van der Waals surface area contributed by atoms with Crippen molar-refractivity contribution in [2.75, 3.05) is 5.73 Å². The maximum Gasteiger partial charge on any atom is 0.168 e. The van der Waals surface area contributed by atoms with Gasteiger partial charge >= 0.3 is 0 Å². The number of hydrogen-bond donors (Lipinski definition) is 2. The van der Waals surface area contributed by atoms with E-state index in [4.69, 9.17) is 5.73 Å². The van der Waals surface area contributed by atoms with Crippen molar-refractivity contribution in [3.05, 3.63) is 48.0 Å². The maximum absolute atomic E-state index is 12.4. The number of nitrogens with zero attached hydrogens (tertiary/aromatic N) is 1. The summed E-state index contributed by atoms with van der Waals surface area (Å²) in [5, 5.41) is 0. The van der Waals surface area contributed by atoms with Crippen molar-refractivity contribution in [1.29, 1.82) is 0 Å². The highest BCUT2D eigenvalue weighted by Gasteiger charge is 2.23. The summed E-state index contributed by atoms with van der Waals surface area (Å²) in [7, 11) is 0. The average molecular weight is 293 g/mol. The van der Waals surface area contributed by atoms with E-state index in [1.165, 1.54) is 0 Å². The number of nitrogens with two attached hydrogens (primary N) is 1. The number of Topliss-reactive ketones (excluding diaryl/α,β-unsaturated/α-hetero) is 1. The van der Waals surface area contributed by atoms with E-state index in [2.05, 4.69) is 9.97 Å². The largest absolute Gasteiger partial charge is 0.399 e. The van der Waals surface area contributed by atoms with Gasteiger partial charge in [-0.25, -0.2) is 4.98 Å². The summed E-state index contributed by atoms with van der Waals surface area (Å²) in [6.45, 7) is 5.77. The minimum Gasteiger partial charge on any atom is -0.399 e. The first-order chi connectivity index (χ1) is 10.3. The molecule has 1 heterocycles. The van der Waals surface area contributed by atoms with Gasteiger partial charge in [0.1, 0.15) is 5.82 Å². The highest BCUT2D eigenvalue weighted by atomic mass is 16.1. The highest BCUT2D eigenvalue weighted by molar-refractivity contribution is 6.02. The molecule has 0 aliphatic heterocycles. The number of aromatic nitrogens is 2. The van der Waals surface area contributed by atoms with Crippen molar-refractivity contribution in [3.63, 3.8) is 0 Å². The Balaban J connectivity index is 2.04. The van der Waals surface area contributed by atoms with Gasteiger partial charge in [-0.2, -0.15) is 0 Å². The lowest BCUT2D eigenvalue weighted by molar-refractivity contribution is 0.0858. The zero-order valence-electron chi connectivity index (χ0n) is 13.0. The molecule has 4 nitrogen and oxygen atoms in total. The second kappa shape index (κ2) is 4.98. The fraction of sp³-hybridized carbons (Fsp3) is 0.222. The molecule has 0 radical (unpaired) electrons. The number of nitrogen functional groups attached to an aromatic ring is 1. The second-order valence-electron chi connectivity index (χ2n) is 6.52. The summed E-state index contributed by atoms with van der Waals surface area (Å²) in [5.41, 5.74) is 9.41. The van der Waals surface area contributed by atoms with Crippen molar-refractivity contribution < 1.29 is 4.79 Å². The zero-order chi connectivity index (χ0) is 15.9. The van der Waals surface area contributed by atoms with E-state index in [1.54, 1.807) is 0 Å². The molecule has 0 saturated carbocycles. The fourth-order valence-corrected chi connectivity index (χ4v) is 2.36. The Morgan fingerprint density at radius 1 is 1.09 bits per heavy atom. The first-order valence-electron chi connectivity index (χ1n) is 7.25. The molecule has 3 rings (SSSR count). The van der Waals surface area contributed by atoms with Gasteiger partial charge in [-0.1, -0.05) is 20.8 Å². The minimum atomic E-state index is -0.395. The molecule has 22 heavy (non-hydrogen) atoms. The quantitative estimate of drug-likeness (QED) is 0.553. The smallest absolute Gasteiger partial charge is 0.168 e. The SMILES string of the molecule is CC(C)(C)C(=O)c1ccc2nc(-c3ccc(N)cc3)[nH]c2c1. The molecule has 4 heteroatoms. The van der Waals surface area contributed by atoms with E-state index >= 15 is 0 Å². The molecule has 3 N–H and O–H groups in total. The molecular formula is C18H19N3O. The van der Waals surface area contributed by atoms with Crippen LogP contribution >= 0.6 is 0 Å². The Hall–Kier alpha value is -2.62. The molecule has 1 aromatic heterocycles. The first-order valence-corrected chi connectivity index (χ1v) is 7.25. The zero-order valence-corrected chi connectivity index (χ0v) is 13.0. The molecule has 0 fully saturated rings. The summed E-state index contributed by atoms with van der Waals surface area (Å²) < 4.78 is 0. The Morgan fingerprint density at radius 3 is 2.41 bits per heavy atom. The summed E-state index contributed by atoms with van der Waals surface area (Å²) >= 11 is 0. The van der Waals surface area contributed by atoms with Crippen molar-refractivity contribution >= 4 is 22.5 Å². The number of hydrogen-bond acceptors (Lipinski definition) is 3. The number of anilines is 1. The first kappa shape index (κ1) is 14.3. The van der Waals surface area contributed by atoms with Gasteiger partial charge in [0.15, 0.2) is 5.78 Å². The van der Waals surface area contributed by atoms with Crippen LogP contribution in [0.2, 0.25) is 0 Å². The number of carbonyl (C=O) groups excluding carboxylic acids is 1. The topological polar surface area (TPSA) is 71.8 Å². The van der Waals surface area contributed by atoms with Gasteiger partial charge in [0, 0.05) is 22.2 Å². The standard InChI is InChI=1S/C18H19N3O/c1-18(2,3)16(22)12-6-9-14-15(10-12)21-17(20-14)11-4-7-13(19)8-5-11/h4-10H,19H2,1-3H3,(H,20,21). The van der Waals surface area contributed by atoms with Crippen LogP contribution in [0.15, 0.2) is 42.5 Å². The fourth-order valence-electron chi connectivity index (χ4n) is 2.36. The Kier molecular flexibility index (Phi) is 3.24. The predicted octanol–water partition coefficient (Wildman–Crippen LogP) is 4.04. The highest BCUT2D eigenvalue weighted by Crippen LogP contribution is 2.25. The maximum atomic E-state index is 12.4. The van der Waals surface area contributed by atoms with Gasteiger partial charge < -0.3 is 10.7 Å². The molecule has 112 valence electrons. The van der Waals surface area contributed by atoms with Crippen LogP contribution in [0, 0.1) is 5.41 Å². The van der Waals surface area contributed by atoms with Gasteiger partial charge in [-0.3, -0.25) is 4.79 Å². The normalized spacial score (nSPS) is 11.8. The third-order valence-electron chi connectivity index (χ3n) is 3.61. The number of aromatic amines is 1. The third kappa shape index (κ3) is 2.60. The van der Waals surface area contributed by atoms with Crippen LogP contribution in [0.25, 0.3) is 22.4 Å². The number of nitrogens with one attached hydrogen (secondary N) is 1. The van der Waals surface area contributed by atoms with Crippen LogP contribution in [0.5, 0.6) is 0 Å². The molecule has 0 spiro atoms. The molecule has 2 aromatic carbocycles. The molecule has 0 amide bonds. The van der Waals surface area contributed by atoms with E-state index < -0.39 is 5.41 Å². The summed E-state index contributed by atoms with van der Waals surface area (Å²) in [5.74, 6) is 0.897. The Bertz CT molecular complexity index is 839. The lowest BCUT2D eigenvalue weighted by Gasteiger charge is -2.16. The predicted molar refractivity (Wildman–Crippen MR) is 89.7 cm³/mol. The molecule has 0 atom stereocenters. The van der Waals surface area contributed by atoms with Crippen molar-refractivity contribution in [2.45, 2.75) is 20.8 Å². The number of benzene rings is 2. The van der Waals surface area contributed by atoms with E-state index in [0.717, 1.165) is 28.1 Å². The summed E-state index contributed by atoms with van der Waals surface area (Å²) in [4.78, 5) is 20.2. The summed E-state index contributed by atoms with van der Waals surface area (Å²) in [6, 6.07) is 13.1. The molecule has 0 saturated heterocycles. The van der Waals surface area contributed by atoms with Gasteiger partial charge in [-0.15, -0.1) is 0 Å². The molecule has 0 bridgehead atoms. The van der Waals surface area contributed by atoms with Crippen LogP contribution in [-0.4, -0.2) is 15.8 Å². The number of ketones is 1. The molecule has 0 unspecified atom stereocenters. The lowest BCUT2D eigenvalue weighted by Crippen LogP contribution is -2.19. The lowest BCUT2D eigenvalue weighted by atomic mass is 9.86. The van der Waals surface area contributed by atoms with Crippen molar-refractivity contribution in [2.24, 2.45) is 5.41 Å². The Morgan fingerprint density at radius 2 is 1.77 bits per heavy atom. The van der Waals surface area contributed by atoms with Crippen molar-refractivity contribution in [3.8, 4) is 11.4 Å². The molecular weight excluding hydrogens is 274 g/mol. The average Bonchev–Trinajstić information content (AvgIpc) is 2.89. The van der Waals surface area contributed by atoms with Gasteiger partial charge in [0.05, 0.1) is 11.0 Å². The minimum absolute atomic E-state index is 0.123. The second-order valence-corrected chi connectivity index (χ2v) is 6.52. The van der Waals surface area contributed by atoms with E-state index in [1.807, 2.05) is 63.2 Å². The van der Waals surface area contributed by atoms with E-state index in [0.29, 0.717) is 5.56 Å². The monoisotopic (exact) mass is 293 g/mol. The van der Waals surface area contributed by atoms with Crippen LogP contribution in [0.1, 0.15) is 31.1 Å². The van der Waals surface area contributed by atoms with Crippen LogP contribution < -0.4 is 5.73 Å². The number of H-pyrrole nitrogens is 1. The van der Waals surface area contributed by atoms with Crippen LogP contribution in [0.4, 0.5) is 5.69 Å². The molecule has 3 aromatic rings. The number of carbonyl (C=O) groups is 1. The van der Waals surface area contributed by atoms with E-state index in [9.17, 15) is 4.79 Å². The van der Waals surface area contributed by atoms with Gasteiger partial charge in [0.25, 0.3) is 0 Å². The van der Waals surface area contributed by atoms with Gasteiger partial charge in [0.2, 0.25) is 0 Å². The van der Waals surface area contributed by atoms with Crippen LogP contribution in [-0.2, 0) is 0 Å². The Labute approximate surface area is 129 Å². The number of fused-ring (bicyclic) bond motifs is 1. The summed E-state index contributed by atoms with van der Waals surface area (Å²) in [6.07, 6.45) is 0.